The highest BCUT2D eigenvalue weighted by molar-refractivity contribution is 5.03. The Bertz CT molecular complexity index is 313. The lowest BCUT2D eigenvalue weighted by molar-refractivity contribution is 0.155. The molecular formula is C14H24N2O. The Morgan fingerprint density at radius 2 is 2.00 bits per heavy atom. The quantitative estimate of drug-likeness (QED) is 0.871. The first-order valence-electron chi connectivity index (χ1n) is 6.70. The first-order chi connectivity index (χ1) is 8.16. The predicted octanol–water partition coefficient (Wildman–Crippen LogP) is 2.80. The maximum Gasteiger partial charge on any atom is 0.120 e. The minimum absolute atomic E-state index is 0.320. The highest BCUT2D eigenvalue weighted by Gasteiger charge is 2.22. The number of rotatable bonds is 4. The van der Waals surface area contributed by atoms with Gasteiger partial charge >= 0.3 is 0 Å². The van der Waals surface area contributed by atoms with E-state index in [9.17, 15) is 0 Å². The zero-order valence-corrected chi connectivity index (χ0v) is 11.1. The second-order valence-corrected chi connectivity index (χ2v) is 5.31. The van der Waals surface area contributed by atoms with E-state index >= 15 is 0 Å². The smallest absolute Gasteiger partial charge is 0.120 e. The summed E-state index contributed by atoms with van der Waals surface area (Å²) in [6.45, 7) is 9.15. The number of nitrogens with zero attached hydrogens (tertiary/aromatic N) is 1. The summed E-state index contributed by atoms with van der Waals surface area (Å²) >= 11 is 0. The van der Waals surface area contributed by atoms with Crippen LogP contribution in [-0.4, -0.2) is 30.1 Å². The minimum atomic E-state index is 0.320. The molecule has 1 aromatic heterocycles. The Kier molecular flexibility index (Phi) is 4.24. The van der Waals surface area contributed by atoms with Crippen molar-refractivity contribution in [2.24, 2.45) is 0 Å². The number of nitrogens with one attached hydrogen (secondary N) is 1. The molecule has 2 rings (SSSR count). The molecule has 0 radical (unpaired) electrons. The van der Waals surface area contributed by atoms with E-state index in [1.807, 2.05) is 12.1 Å². The molecule has 1 aliphatic heterocycles. The number of likely N-dealkylation sites (tertiary alicyclic amines) is 1. The highest BCUT2D eigenvalue weighted by atomic mass is 16.3. The molecule has 0 bridgehead atoms. The molecule has 1 N–H and O–H groups in total. The van der Waals surface area contributed by atoms with Gasteiger partial charge in [-0.25, -0.2) is 0 Å². The summed E-state index contributed by atoms with van der Waals surface area (Å²) in [5.74, 6) is 1.04. The first-order valence-corrected chi connectivity index (χ1v) is 6.70. The predicted molar refractivity (Wildman–Crippen MR) is 70.0 cm³/mol. The van der Waals surface area contributed by atoms with E-state index in [1.54, 1.807) is 6.26 Å². The molecule has 1 aromatic rings. The molecule has 2 heterocycles. The molecule has 0 unspecified atom stereocenters. The van der Waals surface area contributed by atoms with Gasteiger partial charge in [0, 0.05) is 12.1 Å². The van der Waals surface area contributed by atoms with Crippen LogP contribution in [0.15, 0.2) is 22.8 Å². The second-order valence-electron chi connectivity index (χ2n) is 5.31. The fourth-order valence-corrected chi connectivity index (χ4v) is 2.56. The van der Waals surface area contributed by atoms with Crippen molar-refractivity contribution >= 4 is 0 Å². The molecule has 1 atom stereocenters. The molecule has 0 spiro atoms. The third-order valence-corrected chi connectivity index (χ3v) is 3.72. The van der Waals surface area contributed by atoms with Gasteiger partial charge in [-0.2, -0.15) is 0 Å². The van der Waals surface area contributed by atoms with Gasteiger partial charge in [0.25, 0.3) is 0 Å². The summed E-state index contributed by atoms with van der Waals surface area (Å²) < 4.78 is 5.42. The van der Waals surface area contributed by atoms with Crippen LogP contribution in [0, 0.1) is 0 Å². The van der Waals surface area contributed by atoms with Gasteiger partial charge in [-0.3, -0.25) is 0 Å². The van der Waals surface area contributed by atoms with Gasteiger partial charge in [0.1, 0.15) is 5.76 Å². The zero-order valence-electron chi connectivity index (χ0n) is 11.1. The largest absolute Gasteiger partial charge is 0.468 e. The summed E-state index contributed by atoms with van der Waals surface area (Å²) in [5, 5.41) is 3.66. The van der Waals surface area contributed by atoms with Crippen molar-refractivity contribution in [2.45, 2.75) is 51.7 Å². The number of hydrogen-bond acceptors (Lipinski definition) is 3. The molecule has 17 heavy (non-hydrogen) atoms. The van der Waals surface area contributed by atoms with Gasteiger partial charge < -0.3 is 14.6 Å². The Morgan fingerprint density at radius 3 is 2.53 bits per heavy atom. The summed E-state index contributed by atoms with van der Waals surface area (Å²) in [6.07, 6.45) is 4.22. The molecular weight excluding hydrogens is 212 g/mol. The van der Waals surface area contributed by atoms with Crippen molar-refractivity contribution in [2.75, 3.05) is 13.1 Å². The highest BCUT2D eigenvalue weighted by Crippen LogP contribution is 2.18. The third kappa shape index (κ3) is 3.33. The molecule has 3 nitrogen and oxygen atoms in total. The number of piperidine rings is 1. The van der Waals surface area contributed by atoms with Gasteiger partial charge in [-0.15, -0.1) is 0 Å². The standard InChI is InChI=1S/C14H24N2O/c1-11(2)16-8-6-13(7-9-16)15-12(3)14-5-4-10-17-14/h4-5,10-13,15H,6-9H2,1-3H3/t12-/m1/s1. The van der Waals surface area contributed by atoms with E-state index in [-0.39, 0.29) is 0 Å². The Morgan fingerprint density at radius 1 is 1.29 bits per heavy atom. The maximum atomic E-state index is 5.42. The SMILES string of the molecule is CC(C)N1CCC(N[C@H](C)c2ccco2)CC1. The Hall–Kier alpha value is -0.800. The number of furan rings is 1. The van der Waals surface area contributed by atoms with Crippen LogP contribution >= 0.6 is 0 Å². The summed E-state index contributed by atoms with van der Waals surface area (Å²) in [5.41, 5.74) is 0. The van der Waals surface area contributed by atoms with Crippen LogP contribution in [-0.2, 0) is 0 Å². The Balaban J connectivity index is 1.78. The normalized spacial score (nSPS) is 20.9. The van der Waals surface area contributed by atoms with E-state index in [0.717, 1.165) is 5.76 Å². The van der Waals surface area contributed by atoms with Crippen molar-refractivity contribution in [3.05, 3.63) is 24.2 Å². The monoisotopic (exact) mass is 236 g/mol. The van der Waals surface area contributed by atoms with Crippen LogP contribution in [0.25, 0.3) is 0 Å². The molecule has 1 fully saturated rings. The third-order valence-electron chi connectivity index (χ3n) is 3.72. The topological polar surface area (TPSA) is 28.4 Å². The maximum absolute atomic E-state index is 5.42. The van der Waals surface area contributed by atoms with Gasteiger partial charge in [-0.1, -0.05) is 0 Å². The molecule has 3 heteroatoms. The van der Waals surface area contributed by atoms with Crippen LogP contribution in [0.3, 0.4) is 0 Å². The van der Waals surface area contributed by atoms with Crippen molar-refractivity contribution in [1.82, 2.24) is 10.2 Å². The van der Waals surface area contributed by atoms with Gasteiger partial charge in [-0.05, 0) is 58.8 Å². The van der Waals surface area contributed by atoms with Crippen molar-refractivity contribution < 1.29 is 4.42 Å². The van der Waals surface area contributed by atoms with Gasteiger partial charge in [0.15, 0.2) is 0 Å². The van der Waals surface area contributed by atoms with E-state index < -0.39 is 0 Å². The van der Waals surface area contributed by atoms with Crippen LogP contribution < -0.4 is 5.32 Å². The van der Waals surface area contributed by atoms with Crippen LogP contribution in [0.4, 0.5) is 0 Å². The Labute approximate surface area is 104 Å². The van der Waals surface area contributed by atoms with Gasteiger partial charge in [0.05, 0.1) is 12.3 Å². The van der Waals surface area contributed by atoms with Gasteiger partial charge in [0.2, 0.25) is 0 Å². The van der Waals surface area contributed by atoms with Crippen LogP contribution in [0.2, 0.25) is 0 Å². The molecule has 96 valence electrons. The minimum Gasteiger partial charge on any atom is -0.468 e. The number of hydrogen-bond donors (Lipinski definition) is 1. The molecule has 1 aliphatic rings. The molecule has 0 amide bonds. The first kappa shape index (κ1) is 12.7. The average molecular weight is 236 g/mol. The molecule has 0 saturated carbocycles. The zero-order chi connectivity index (χ0) is 12.3. The lowest BCUT2D eigenvalue weighted by Gasteiger charge is -2.35. The van der Waals surface area contributed by atoms with Crippen molar-refractivity contribution in [3.8, 4) is 0 Å². The fraction of sp³-hybridized carbons (Fsp3) is 0.714. The molecule has 0 aromatic carbocycles. The lowest BCUT2D eigenvalue weighted by Crippen LogP contribution is -2.45. The summed E-state index contributed by atoms with van der Waals surface area (Å²) in [4.78, 5) is 2.55. The second kappa shape index (κ2) is 5.69. The van der Waals surface area contributed by atoms with Crippen molar-refractivity contribution in [3.63, 3.8) is 0 Å². The molecule has 1 saturated heterocycles. The van der Waals surface area contributed by atoms with E-state index in [2.05, 4.69) is 31.0 Å². The summed E-state index contributed by atoms with van der Waals surface area (Å²) in [6, 6.07) is 5.62. The van der Waals surface area contributed by atoms with Crippen molar-refractivity contribution in [1.29, 1.82) is 0 Å². The summed E-state index contributed by atoms with van der Waals surface area (Å²) in [7, 11) is 0. The average Bonchev–Trinajstić information content (AvgIpc) is 2.83. The lowest BCUT2D eigenvalue weighted by atomic mass is 10.0. The van der Waals surface area contributed by atoms with E-state index in [4.69, 9.17) is 4.42 Å². The fourth-order valence-electron chi connectivity index (χ4n) is 2.56. The van der Waals surface area contributed by atoms with E-state index in [0.29, 0.717) is 18.1 Å². The van der Waals surface area contributed by atoms with E-state index in [1.165, 1.54) is 25.9 Å². The van der Waals surface area contributed by atoms with Crippen LogP contribution in [0.5, 0.6) is 0 Å². The molecule has 0 aliphatic carbocycles. The van der Waals surface area contributed by atoms with Crippen LogP contribution in [0.1, 0.15) is 45.4 Å².